The van der Waals surface area contributed by atoms with Crippen molar-refractivity contribution < 1.29 is 9.90 Å². The van der Waals surface area contributed by atoms with Gasteiger partial charge >= 0.3 is 0 Å². The van der Waals surface area contributed by atoms with E-state index in [0.29, 0.717) is 5.69 Å². The number of benzene rings is 2. The number of nitrogens with zero attached hydrogens (tertiary/aromatic N) is 4. The third kappa shape index (κ3) is 3.32. The first kappa shape index (κ1) is 15.3. The van der Waals surface area contributed by atoms with E-state index >= 15 is 0 Å². The van der Waals surface area contributed by atoms with Crippen LogP contribution in [0.15, 0.2) is 63.0 Å². The van der Waals surface area contributed by atoms with Crippen LogP contribution in [0.25, 0.3) is 0 Å². The second kappa shape index (κ2) is 7.07. The summed E-state index contributed by atoms with van der Waals surface area (Å²) in [7, 11) is 0. The minimum atomic E-state index is -0.284. The summed E-state index contributed by atoms with van der Waals surface area (Å²) in [6.45, 7) is 1.73. The Balaban J connectivity index is 2.52. The van der Waals surface area contributed by atoms with Crippen molar-refractivity contribution in [3.63, 3.8) is 0 Å². The largest absolute Gasteiger partial charge is 0.504 e. The molecule has 3 N–H and O–H groups in total. The van der Waals surface area contributed by atoms with Crippen molar-refractivity contribution in [1.29, 1.82) is 0 Å². The van der Waals surface area contributed by atoms with Crippen LogP contribution in [0.1, 0.15) is 23.7 Å². The predicted octanol–water partition coefficient (Wildman–Crippen LogP) is 4.36. The molecule has 0 aliphatic rings. The summed E-state index contributed by atoms with van der Waals surface area (Å²) in [5.41, 5.74) is 1.05. The summed E-state index contributed by atoms with van der Waals surface area (Å²) in [6, 6.07) is 12.0. The summed E-state index contributed by atoms with van der Waals surface area (Å²) in [5.74, 6) is 4.55. The molecule has 0 fully saturated rings. The van der Waals surface area contributed by atoms with E-state index in [2.05, 4.69) is 20.6 Å². The quantitative estimate of drug-likeness (QED) is 0.370. The first-order valence-corrected chi connectivity index (χ1v) is 6.64. The normalized spacial score (nSPS) is 11.3. The molecule has 0 aromatic heterocycles. The second-order valence-electron chi connectivity index (χ2n) is 4.36. The number of carbonyl (C=O) groups is 1. The van der Waals surface area contributed by atoms with Gasteiger partial charge in [-0.25, -0.2) is 0 Å². The molecule has 0 spiro atoms. The van der Waals surface area contributed by atoms with E-state index in [-0.39, 0.29) is 34.9 Å². The molecule has 2 aromatic carbocycles. The highest BCUT2D eigenvalue weighted by atomic mass is 16.3. The fourth-order valence-corrected chi connectivity index (χ4v) is 1.83. The molecule has 0 unspecified atom stereocenters. The monoisotopic (exact) mass is 297 g/mol. The molecular weight excluding hydrogens is 282 g/mol. The smallest absolute Gasteiger partial charge is 0.171 e. The van der Waals surface area contributed by atoms with Crippen LogP contribution in [0.5, 0.6) is 5.75 Å². The minimum absolute atomic E-state index is 0.0561. The zero-order valence-electron chi connectivity index (χ0n) is 12.0. The fraction of sp³-hybridized carbons (Fsp3) is 0.133. The Morgan fingerprint density at radius 2 is 1.82 bits per heavy atom. The first-order chi connectivity index (χ1) is 10.7. The Morgan fingerprint density at radius 3 is 2.45 bits per heavy atom. The predicted molar refractivity (Wildman–Crippen MR) is 82.0 cm³/mol. The number of azo groups is 1. The topological polar surface area (TPSA) is 113 Å². The first-order valence-electron chi connectivity index (χ1n) is 6.64. The standard InChI is InChI=1S/C15H15N5O2/c1-2-13(21)11-8-9-12(18-20-16)15(22)14(11)19-17-10-6-4-3-5-7-10/h3-9,22H,2H2,1H3,(H2,16,18). The van der Waals surface area contributed by atoms with Crippen LogP contribution in [0, 0.1) is 0 Å². The van der Waals surface area contributed by atoms with Crippen LogP contribution in [0.4, 0.5) is 17.1 Å². The Kier molecular flexibility index (Phi) is 4.92. The van der Waals surface area contributed by atoms with Crippen LogP contribution in [-0.4, -0.2) is 10.9 Å². The number of nitrogens with two attached hydrogens (primary N) is 1. The average molecular weight is 297 g/mol. The number of ketones is 1. The van der Waals surface area contributed by atoms with Gasteiger partial charge in [-0.15, -0.1) is 10.2 Å². The zero-order chi connectivity index (χ0) is 15.9. The lowest BCUT2D eigenvalue weighted by Crippen LogP contribution is -1.96. The molecule has 112 valence electrons. The molecule has 0 atom stereocenters. The highest BCUT2D eigenvalue weighted by molar-refractivity contribution is 6.02. The lowest BCUT2D eigenvalue weighted by Gasteiger charge is -2.06. The van der Waals surface area contributed by atoms with Gasteiger partial charge in [-0.05, 0) is 24.3 Å². The van der Waals surface area contributed by atoms with Crippen molar-refractivity contribution in [1.82, 2.24) is 0 Å². The van der Waals surface area contributed by atoms with Crippen LogP contribution in [0.2, 0.25) is 0 Å². The highest BCUT2D eigenvalue weighted by Crippen LogP contribution is 2.40. The van der Waals surface area contributed by atoms with Gasteiger partial charge in [-0.3, -0.25) is 4.79 Å². The van der Waals surface area contributed by atoms with E-state index in [1.165, 1.54) is 12.1 Å². The summed E-state index contributed by atoms with van der Waals surface area (Å²) >= 11 is 0. The highest BCUT2D eigenvalue weighted by Gasteiger charge is 2.17. The number of Topliss-reactive ketones (excluding diaryl/α,β-unsaturated/α-hetero) is 1. The van der Waals surface area contributed by atoms with Crippen LogP contribution in [-0.2, 0) is 0 Å². The van der Waals surface area contributed by atoms with E-state index in [1.807, 2.05) is 18.2 Å². The van der Waals surface area contributed by atoms with Gasteiger partial charge in [0.1, 0.15) is 11.4 Å². The number of rotatable bonds is 5. The number of carbonyl (C=O) groups excluding carboxylic acids is 1. The van der Waals surface area contributed by atoms with Crippen LogP contribution >= 0.6 is 0 Å². The van der Waals surface area contributed by atoms with Gasteiger partial charge in [0.05, 0.1) is 5.69 Å². The average Bonchev–Trinajstić information content (AvgIpc) is 2.56. The van der Waals surface area contributed by atoms with Crippen LogP contribution < -0.4 is 5.84 Å². The number of hydrogen-bond donors (Lipinski definition) is 2. The summed E-state index contributed by atoms with van der Waals surface area (Å²) in [5, 5.41) is 24.9. The van der Waals surface area contributed by atoms with Crippen LogP contribution in [0.3, 0.4) is 0 Å². The molecule has 2 aromatic rings. The van der Waals surface area contributed by atoms with E-state index in [0.717, 1.165) is 0 Å². The van der Waals surface area contributed by atoms with Crippen molar-refractivity contribution >= 4 is 22.8 Å². The molecule has 7 heteroatoms. The molecule has 0 bridgehead atoms. The van der Waals surface area contributed by atoms with Gasteiger partial charge < -0.3 is 10.9 Å². The Morgan fingerprint density at radius 1 is 1.09 bits per heavy atom. The fourth-order valence-electron chi connectivity index (χ4n) is 1.83. The molecule has 0 aliphatic heterocycles. The number of phenolic OH excluding ortho intramolecular Hbond substituents is 1. The molecule has 0 amide bonds. The van der Waals surface area contributed by atoms with Gasteiger partial charge in [-0.1, -0.05) is 30.3 Å². The molecular formula is C15H15N5O2. The Labute approximate surface area is 127 Å². The van der Waals surface area contributed by atoms with Gasteiger partial charge in [0.15, 0.2) is 11.5 Å². The summed E-state index contributed by atoms with van der Waals surface area (Å²) < 4.78 is 0. The molecule has 2 rings (SSSR count). The molecule has 0 saturated carbocycles. The van der Waals surface area contributed by atoms with E-state index in [1.54, 1.807) is 19.1 Å². The van der Waals surface area contributed by atoms with E-state index < -0.39 is 0 Å². The van der Waals surface area contributed by atoms with Gasteiger partial charge in [-0.2, -0.15) is 5.11 Å². The Bertz CT molecular complexity index is 726. The molecule has 22 heavy (non-hydrogen) atoms. The van der Waals surface area contributed by atoms with Crippen molar-refractivity contribution in [3.8, 4) is 5.75 Å². The lowest BCUT2D eigenvalue weighted by atomic mass is 10.1. The van der Waals surface area contributed by atoms with E-state index in [4.69, 9.17) is 5.84 Å². The summed E-state index contributed by atoms with van der Waals surface area (Å²) in [4.78, 5) is 12.0. The Hall–Kier alpha value is -3.09. The molecule has 0 heterocycles. The lowest BCUT2D eigenvalue weighted by molar-refractivity contribution is 0.0988. The second-order valence-corrected chi connectivity index (χ2v) is 4.36. The molecule has 0 aliphatic carbocycles. The maximum atomic E-state index is 12.0. The molecule has 0 saturated heterocycles. The van der Waals surface area contributed by atoms with Crippen molar-refractivity contribution in [3.05, 3.63) is 48.0 Å². The van der Waals surface area contributed by atoms with Gasteiger partial charge in [0, 0.05) is 12.0 Å². The SMILES string of the molecule is CCC(=O)c1ccc(N=NN)c(O)c1N=Nc1ccccc1. The van der Waals surface area contributed by atoms with Gasteiger partial charge in [0.25, 0.3) is 0 Å². The zero-order valence-corrected chi connectivity index (χ0v) is 12.0. The summed E-state index contributed by atoms with van der Waals surface area (Å²) in [6.07, 6.45) is 0.283. The van der Waals surface area contributed by atoms with Crippen molar-refractivity contribution in [2.75, 3.05) is 0 Å². The number of phenols is 1. The number of hydrogen-bond acceptors (Lipinski definition) is 6. The van der Waals surface area contributed by atoms with E-state index in [9.17, 15) is 9.90 Å². The maximum absolute atomic E-state index is 12.0. The molecule has 0 radical (unpaired) electrons. The number of aromatic hydroxyl groups is 1. The third-order valence-electron chi connectivity index (χ3n) is 2.94. The maximum Gasteiger partial charge on any atom is 0.171 e. The van der Waals surface area contributed by atoms with Gasteiger partial charge in [0.2, 0.25) is 0 Å². The molecule has 7 nitrogen and oxygen atoms in total. The third-order valence-corrected chi connectivity index (χ3v) is 2.94. The minimum Gasteiger partial charge on any atom is -0.504 e. The van der Waals surface area contributed by atoms with Crippen molar-refractivity contribution in [2.24, 2.45) is 26.4 Å². The van der Waals surface area contributed by atoms with Crippen molar-refractivity contribution in [2.45, 2.75) is 13.3 Å².